The summed E-state index contributed by atoms with van der Waals surface area (Å²) in [6.07, 6.45) is 1.86. The van der Waals surface area contributed by atoms with Crippen LogP contribution in [0.2, 0.25) is 0 Å². The molecule has 1 aromatic heterocycles. The zero-order chi connectivity index (χ0) is 12.3. The number of phenolic OH excluding ortho intramolecular Hbond substituents is 1. The summed E-state index contributed by atoms with van der Waals surface area (Å²) in [7, 11) is 0. The highest BCUT2D eigenvalue weighted by atomic mass is 16.4. The minimum atomic E-state index is -0.868. The first-order chi connectivity index (χ1) is 8.15. The molecule has 2 rings (SSSR count). The molecule has 17 heavy (non-hydrogen) atoms. The smallest absolute Gasteiger partial charge is 0.303 e. The highest BCUT2D eigenvalue weighted by molar-refractivity contribution is 5.67. The van der Waals surface area contributed by atoms with Gasteiger partial charge >= 0.3 is 5.97 Å². The third-order valence-corrected chi connectivity index (χ3v) is 2.25. The molecular weight excluding hydrogens is 222 g/mol. The molecule has 0 aliphatic carbocycles. The first kappa shape index (κ1) is 11.2. The maximum Gasteiger partial charge on any atom is 0.303 e. The van der Waals surface area contributed by atoms with Crippen LogP contribution in [0.25, 0.3) is 11.5 Å². The minimum absolute atomic E-state index is 0.0181. The fourth-order valence-electron chi connectivity index (χ4n) is 1.39. The number of aryl methyl sites for hydroxylation is 1. The van der Waals surface area contributed by atoms with E-state index in [-0.39, 0.29) is 12.2 Å². The van der Waals surface area contributed by atoms with Crippen LogP contribution in [0.3, 0.4) is 0 Å². The summed E-state index contributed by atoms with van der Waals surface area (Å²) >= 11 is 0. The van der Waals surface area contributed by atoms with Crippen LogP contribution in [-0.4, -0.2) is 21.2 Å². The van der Waals surface area contributed by atoms with E-state index in [2.05, 4.69) is 4.98 Å². The van der Waals surface area contributed by atoms with E-state index in [0.717, 1.165) is 5.56 Å². The fourth-order valence-corrected chi connectivity index (χ4v) is 1.39. The summed E-state index contributed by atoms with van der Waals surface area (Å²) in [6.45, 7) is 0. The van der Waals surface area contributed by atoms with E-state index in [0.29, 0.717) is 18.1 Å². The molecule has 0 amide bonds. The molecule has 5 nitrogen and oxygen atoms in total. The van der Waals surface area contributed by atoms with Gasteiger partial charge in [0, 0.05) is 12.0 Å². The van der Waals surface area contributed by atoms with Gasteiger partial charge in [-0.3, -0.25) is 4.79 Å². The number of aliphatic carboxylic acids is 1. The molecule has 0 aliphatic heterocycles. The molecule has 1 aromatic carbocycles. The van der Waals surface area contributed by atoms with Gasteiger partial charge in [0.05, 0.1) is 12.6 Å². The molecule has 0 aliphatic rings. The summed E-state index contributed by atoms with van der Waals surface area (Å²) in [5, 5.41) is 17.7. The lowest BCUT2D eigenvalue weighted by atomic mass is 10.2. The Hall–Kier alpha value is -2.30. The number of phenols is 1. The fraction of sp³-hybridized carbons (Fsp3) is 0.167. The Labute approximate surface area is 97.3 Å². The Morgan fingerprint density at radius 2 is 2.00 bits per heavy atom. The van der Waals surface area contributed by atoms with Gasteiger partial charge in [-0.15, -0.1) is 0 Å². The van der Waals surface area contributed by atoms with Gasteiger partial charge in [0.15, 0.2) is 0 Å². The topological polar surface area (TPSA) is 83.6 Å². The Morgan fingerprint density at radius 3 is 2.65 bits per heavy atom. The summed E-state index contributed by atoms with van der Waals surface area (Å²) < 4.78 is 5.40. The van der Waals surface area contributed by atoms with Gasteiger partial charge in [0.2, 0.25) is 5.89 Å². The number of aromatic hydroxyl groups is 1. The summed E-state index contributed by atoms with van der Waals surface area (Å²) in [5.74, 6) is 0.264. The van der Waals surface area contributed by atoms with Crippen molar-refractivity contribution in [3.05, 3.63) is 36.2 Å². The van der Waals surface area contributed by atoms with Crippen LogP contribution in [0.5, 0.6) is 5.75 Å². The Kier molecular flexibility index (Phi) is 3.09. The molecular formula is C12H11NO4. The number of carbonyl (C=O) groups is 1. The molecule has 2 N–H and O–H groups in total. The summed E-state index contributed by atoms with van der Waals surface area (Å²) in [5.41, 5.74) is 0.740. The van der Waals surface area contributed by atoms with Crippen LogP contribution in [0.15, 0.2) is 34.9 Å². The van der Waals surface area contributed by atoms with Crippen molar-refractivity contribution >= 4 is 5.97 Å². The van der Waals surface area contributed by atoms with E-state index >= 15 is 0 Å². The highest BCUT2D eigenvalue weighted by Gasteiger charge is 2.08. The number of oxazole rings is 1. The van der Waals surface area contributed by atoms with E-state index in [1.54, 1.807) is 12.1 Å². The van der Waals surface area contributed by atoms with Gasteiger partial charge in [0.1, 0.15) is 11.5 Å². The Balaban J connectivity index is 2.12. The quantitative estimate of drug-likeness (QED) is 0.844. The molecule has 0 atom stereocenters. The average Bonchev–Trinajstić information content (AvgIpc) is 2.76. The van der Waals surface area contributed by atoms with Crippen molar-refractivity contribution in [3.63, 3.8) is 0 Å². The standard InChI is InChI=1S/C12H11NO4/c14-9-3-1-8(2-4-9)12-13-7-10(17-12)5-6-11(15)16/h1-4,7,14H,5-6H2,(H,15,16). The summed E-state index contributed by atoms with van der Waals surface area (Å²) in [4.78, 5) is 14.4. The lowest BCUT2D eigenvalue weighted by Gasteiger charge is -1.96. The van der Waals surface area contributed by atoms with Crippen LogP contribution in [0.1, 0.15) is 12.2 Å². The number of nitrogens with zero attached hydrogens (tertiary/aromatic N) is 1. The molecule has 0 fully saturated rings. The van der Waals surface area contributed by atoms with Crippen molar-refractivity contribution in [1.29, 1.82) is 0 Å². The van der Waals surface area contributed by atoms with Gasteiger partial charge in [-0.1, -0.05) is 0 Å². The maximum atomic E-state index is 10.4. The minimum Gasteiger partial charge on any atom is -0.508 e. The normalized spacial score (nSPS) is 10.4. The lowest BCUT2D eigenvalue weighted by Crippen LogP contribution is -1.96. The number of benzene rings is 1. The Morgan fingerprint density at radius 1 is 1.29 bits per heavy atom. The highest BCUT2D eigenvalue weighted by Crippen LogP contribution is 2.21. The molecule has 0 spiro atoms. The average molecular weight is 233 g/mol. The van der Waals surface area contributed by atoms with Crippen molar-refractivity contribution in [2.45, 2.75) is 12.8 Å². The van der Waals surface area contributed by atoms with Crippen LogP contribution in [0, 0.1) is 0 Å². The number of hydrogen-bond donors (Lipinski definition) is 2. The van der Waals surface area contributed by atoms with Crippen LogP contribution < -0.4 is 0 Å². The molecule has 88 valence electrons. The van der Waals surface area contributed by atoms with E-state index in [1.165, 1.54) is 18.3 Å². The van der Waals surface area contributed by atoms with Crippen LogP contribution >= 0.6 is 0 Å². The van der Waals surface area contributed by atoms with Crippen LogP contribution in [0.4, 0.5) is 0 Å². The monoisotopic (exact) mass is 233 g/mol. The second-order valence-corrected chi connectivity index (χ2v) is 3.57. The number of carboxylic acid groups (broad SMARTS) is 1. The van der Waals surface area contributed by atoms with E-state index < -0.39 is 5.97 Å². The molecule has 0 radical (unpaired) electrons. The molecule has 0 saturated carbocycles. The van der Waals surface area contributed by atoms with Crippen LogP contribution in [-0.2, 0) is 11.2 Å². The zero-order valence-corrected chi connectivity index (χ0v) is 8.96. The van der Waals surface area contributed by atoms with Gasteiger partial charge in [0.25, 0.3) is 0 Å². The van der Waals surface area contributed by atoms with Gasteiger partial charge in [-0.25, -0.2) is 4.98 Å². The summed E-state index contributed by atoms with van der Waals surface area (Å²) in [6, 6.07) is 6.44. The third-order valence-electron chi connectivity index (χ3n) is 2.25. The van der Waals surface area contributed by atoms with E-state index in [9.17, 15) is 4.79 Å². The van der Waals surface area contributed by atoms with Gasteiger partial charge < -0.3 is 14.6 Å². The molecule has 0 unspecified atom stereocenters. The molecule has 0 bridgehead atoms. The van der Waals surface area contributed by atoms with E-state index in [1.807, 2.05) is 0 Å². The predicted molar refractivity (Wildman–Crippen MR) is 59.6 cm³/mol. The first-order valence-corrected chi connectivity index (χ1v) is 5.11. The second-order valence-electron chi connectivity index (χ2n) is 3.57. The maximum absolute atomic E-state index is 10.4. The molecule has 5 heteroatoms. The first-order valence-electron chi connectivity index (χ1n) is 5.11. The van der Waals surface area contributed by atoms with Crippen molar-refractivity contribution in [2.24, 2.45) is 0 Å². The van der Waals surface area contributed by atoms with Gasteiger partial charge in [-0.2, -0.15) is 0 Å². The van der Waals surface area contributed by atoms with Crippen molar-refractivity contribution < 1.29 is 19.4 Å². The van der Waals surface area contributed by atoms with Crippen molar-refractivity contribution in [3.8, 4) is 17.2 Å². The Bertz CT molecular complexity index is 516. The SMILES string of the molecule is O=C(O)CCc1cnc(-c2ccc(O)cc2)o1. The lowest BCUT2D eigenvalue weighted by molar-refractivity contribution is -0.137. The predicted octanol–water partition coefficient (Wildman–Crippen LogP) is 2.06. The van der Waals surface area contributed by atoms with Crippen molar-refractivity contribution in [1.82, 2.24) is 4.98 Å². The number of aromatic nitrogens is 1. The van der Waals surface area contributed by atoms with E-state index in [4.69, 9.17) is 14.6 Å². The van der Waals surface area contributed by atoms with Crippen molar-refractivity contribution in [2.75, 3.05) is 0 Å². The molecule has 0 saturated heterocycles. The number of hydrogen-bond acceptors (Lipinski definition) is 4. The molecule has 2 aromatic rings. The third kappa shape index (κ3) is 2.84. The van der Waals surface area contributed by atoms with Gasteiger partial charge in [-0.05, 0) is 24.3 Å². The zero-order valence-electron chi connectivity index (χ0n) is 8.96. The molecule has 1 heterocycles. The number of rotatable bonds is 4. The largest absolute Gasteiger partial charge is 0.508 e. The second kappa shape index (κ2) is 4.69. The number of carboxylic acids is 1.